The highest BCUT2D eigenvalue weighted by Gasteiger charge is 1.76. The number of hydrogen-bond acceptors (Lipinski definition) is 2. The molecule has 6 heavy (non-hydrogen) atoms. The van der Waals surface area contributed by atoms with Gasteiger partial charge in [-0.05, 0) is 0 Å². The summed E-state index contributed by atoms with van der Waals surface area (Å²) in [7, 11) is -1.98. The molecule has 0 aliphatic carbocycles. The van der Waals surface area contributed by atoms with Crippen LogP contribution in [0.3, 0.4) is 0 Å². The van der Waals surface area contributed by atoms with Crippen molar-refractivity contribution >= 4 is 13.8 Å². The van der Waals surface area contributed by atoms with Gasteiger partial charge in [-0.15, -0.1) is 0 Å². The minimum atomic E-state index is -1.98. The first-order valence-corrected chi connectivity index (χ1v) is 3.04. The molecule has 0 rings (SSSR count). The zero-order valence-corrected chi connectivity index (χ0v) is 4.48. The molecule has 0 aromatic heterocycles. The molecule has 0 heterocycles. The van der Waals surface area contributed by atoms with E-state index in [1.807, 2.05) is 6.92 Å². The maximum atomic E-state index is 9.69. The zero-order valence-electron chi connectivity index (χ0n) is 3.59. The van der Waals surface area contributed by atoms with Gasteiger partial charge in [-0.1, -0.05) is 6.92 Å². The molecule has 1 atom stereocenters. The van der Waals surface area contributed by atoms with Crippen molar-refractivity contribution in [3.8, 4) is 0 Å². The maximum absolute atomic E-state index is 9.69. The van der Waals surface area contributed by atoms with Gasteiger partial charge < -0.3 is 4.89 Å². The molecule has 0 amide bonds. The van der Waals surface area contributed by atoms with E-state index < -0.39 is 8.00 Å². The molecule has 0 fully saturated rings. The highest BCUT2D eigenvalue weighted by molar-refractivity contribution is 7.43. The summed E-state index contributed by atoms with van der Waals surface area (Å²) in [5, 5.41) is 0. The van der Waals surface area contributed by atoms with E-state index in [0.29, 0.717) is 6.42 Å². The van der Waals surface area contributed by atoms with Crippen LogP contribution < -0.4 is 4.89 Å². The molecule has 1 unspecified atom stereocenters. The Morgan fingerprint density at radius 2 is 2.50 bits per heavy atom. The minimum Gasteiger partial charge on any atom is -0.603 e. The van der Waals surface area contributed by atoms with Gasteiger partial charge in [-0.3, -0.25) is 0 Å². The van der Waals surface area contributed by atoms with Gasteiger partial charge in [0, 0.05) is 6.42 Å². The Labute approximate surface area is 38.0 Å². The van der Waals surface area contributed by atoms with Crippen molar-refractivity contribution in [2.45, 2.75) is 13.3 Å². The topological polar surface area (TPSA) is 43.3 Å². The molecule has 3 heteroatoms. The van der Waals surface area contributed by atoms with E-state index in [1.54, 1.807) is 0 Å². The molecular weight excluding hydrogens is 99.0 g/mol. The molecule has 2 nitrogen and oxygen atoms in total. The Bertz CT molecular complexity index is 55.8. The van der Waals surface area contributed by atoms with Gasteiger partial charge in [0.1, 0.15) is 5.80 Å². The predicted octanol–water partition coefficient (Wildman–Crippen LogP) is -0.137. The molecule has 0 aromatic rings. The van der Waals surface area contributed by atoms with Gasteiger partial charge in [0.25, 0.3) is 0 Å². The predicted molar refractivity (Wildman–Crippen MR) is 25.5 cm³/mol. The number of hydrogen-bond donors (Lipinski definition) is 1. The zero-order chi connectivity index (χ0) is 4.99. The largest absolute Gasteiger partial charge is 0.603 e. The monoisotopic (exact) mass is 106 g/mol. The Balaban J connectivity index is 3.14. The Kier molecular flexibility index (Phi) is 3.34. The lowest BCUT2D eigenvalue weighted by molar-refractivity contribution is -0.167. The molecule has 0 aliphatic heterocycles. The van der Waals surface area contributed by atoms with E-state index in [-0.39, 0.29) is 0 Å². The van der Waals surface area contributed by atoms with Crippen LogP contribution >= 0.6 is 8.00 Å². The van der Waals surface area contributed by atoms with Gasteiger partial charge in [-0.25, -0.2) is 0 Å². The summed E-state index contributed by atoms with van der Waals surface area (Å²) in [6, 6.07) is 0. The second-order valence-electron chi connectivity index (χ2n) is 0.893. The Hall–Kier alpha value is 0.0900. The van der Waals surface area contributed by atoms with Gasteiger partial charge in [0.2, 0.25) is 8.00 Å². The summed E-state index contributed by atoms with van der Waals surface area (Å²) in [5.41, 5.74) is 0. The molecule has 0 aromatic carbocycles. The van der Waals surface area contributed by atoms with Crippen molar-refractivity contribution in [2.75, 3.05) is 0 Å². The van der Waals surface area contributed by atoms with Gasteiger partial charge in [0.05, 0.1) is 0 Å². The molecule has 36 valence electrons. The lowest BCUT2D eigenvalue weighted by Crippen LogP contribution is -1.85. The molecule has 0 spiro atoms. The Morgan fingerprint density at radius 3 is 2.50 bits per heavy atom. The molecule has 0 radical (unpaired) electrons. The summed E-state index contributed by atoms with van der Waals surface area (Å²) in [6.07, 6.45) is 0.672. The fraction of sp³-hybridized carbons (Fsp3) is 0.667. The first-order valence-electron chi connectivity index (χ1n) is 1.76. The third-order valence-electron chi connectivity index (χ3n) is 0.339. The lowest BCUT2D eigenvalue weighted by Gasteiger charge is -1.77. The van der Waals surface area contributed by atoms with Crippen molar-refractivity contribution in [1.29, 1.82) is 0 Å². The minimum absolute atomic E-state index is 0.672. The summed E-state index contributed by atoms with van der Waals surface area (Å²) >= 11 is 0. The maximum Gasteiger partial charge on any atom is 0.212 e. The second-order valence-corrected chi connectivity index (χ2v) is 1.86. The standard InChI is InChI=1S/C3H7O2P/c1-2-3-6(4)5/h3H,2H2,1H3,(H,4,5). The van der Waals surface area contributed by atoms with Crippen molar-refractivity contribution in [1.82, 2.24) is 0 Å². The summed E-state index contributed by atoms with van der Waals surface area (Å²) in [5.74, 6) is 1.36. The fourth-order valence-electron chi connectivity index (χ4n) is 0.156. The van der Waals surface area contributed by atoms with Crippen LogP contribution in [-0.2, 0) is 0 Å². The molecule has 0 aliphatic rings. The van der Waals surface area contributed by atoms with Gasteiger partial charge in [-0.2, -0.15) is 4.89 Å². The van der Waals surface area contributed by atoms with Crippen molar-refractivity contribution in [2.24, 2.45) is 0 Å². The molecule has 0 saturated heterocycles. The van der Waals surface area contributed by atoms with Crippen LogP contribution in [0.2, 0.25) is 0 Å². The number of rotatable bonds is 1. The fourth-order valence-corrected chi connectivity index (χ4v) is 0.469. The normalized spacial score (nSPS) is 12.2. The van der Waals surface area contributed by atoms with Crippen molar-refractivity contribution in [3.05, 3.63) is 0 Å². The van der Waals surface area contributed by atoms with E-state index in [9.17, 15) is 4.89 Å². The van der Waals surface area contributed by atoms with Crippen LogP contribution in [-0.4, -0.2) is 10.7 Å². The van der Waals surface area contributed by atoms with Crippen LogP contribution in [0.5, 0.6) is 0 Å². The summed E-state index contributed by atoms with van der Waals surface area (Å²) < 4.78 is 0. The second kappa shape index (κ2) is 3.29. The van der Waals surface area contributed by atoms with Crippen molar-refractivity contribution in [3.63, 3.8) is 0 Å². The third kappa shape index (κ3) is 4.09. The van der Waals surface area contributed by atoms with E-state index >= 15 is 0 Å². The smallest absolute Gasteiger partial charge is 0.212 e. The first-order chi connectivity index (χ1) is 2.77. The highest BCUT2D eigenvalue weighted by atomic mass is 31.1. The average Bonchev–Trinajstić information content (AvgIpc) is 1.35. The first kappa shape index (κ1) is 6.09. The summed E-state index contributed by atoms with van der Waals surface area (Å²) in [6.45, 7) is 1.82. The molecule has 1 N–H and O–H groups in total. The van der Waals surface area contributed by atoms with Crippen LogP contribution in [0.1, 0.15) is 13.3 Å². The summed E-state index contributed by atoms with van der Waals surface area (Å²) in [4.78, 5) is 17.7. The van der Waals surface area contributed by atoms with E-state index in [2.05, 4.69) is 0 Å². The molecule has 0 saturated carbocycles. The average molecular weight is 106 g/mol. The van der Waals surface area contributed by atoms with E-state index in [1.165, 1.54) is 5.80 Å². The quantitative estimate of drug-likeness (QED) is 0.473. The van der Waals surface area contributed by atoms with Gasteiger partial charge in [0.15, 0.2) is 0 Å². The van der Waals surface area contributed by atoms with Crippen LogP contribution in [0.15, 0.2) is 0 Å². The SMILES string of the molecule is CCC=[P+]([O-])O. The van der Waals surface area contributed by atoms with Crippen molar-refractivity contribution < 1.29 is 9.79 Å². The lowest BCUT2D eigenvalue weighted by atomic mass is 10.6. The highest BCUT2D eigenvalue weighted by Crippen LogP contribution is 1.97. The van der Waals surface area contributed by atoms with Crippen LogP contribution in [0.4, 0.5) is 0 Å². The van der Waals surface area contributed by atoms with Crippen LogP contribution in [0.25, 0.3) is 0 Å². The Morgan fingerprint density at radius 1 is 2.00 bits per heavy atom. The van der Waals surface area contributed by atoms with Gasteiger partial charge >= 0.3 is 0 Å². The van der Waals surface area contributed by atoms with E-state index in [4.69, 9.17) is 4.89 Å². The third-order valence-corrected chi connectivity index (χ3v) is 1.02. The van der Waals surface area contributed by atoms with E-state index in [0.717, 1.165) is 0 Å². The molecule has 0 bridgehead atoms. The van der Waals surface area contributed by atoms with Crippen LogP contribution in [0, 0.1) is 0 Å². The molecular formula is C3H7O2P.